The van der Waals surface area contributed by atoms with Gasteiger partial charge in [-0.1, -0.05) is 71.1 Å². The molecule has 0 aliphatic rings. The highest BCUT2D eigenvalue weighted by molar-refractivity contribution is 4.68. The number of aliphatic hydroxyl groups is 1. The van der Waals surface area contributed by atoms with Gasteiger partial charge in [0.25, 0.3) is 0 Å². The summed E-state index contributed by atoms with van der Waals surface area (Å²) in [5.74, 6) is 0. The molecule has 0 aliphatic heterocycles. The third-order valence-electron chi connectivity index (χ3n) is 4.22. The topological polar surface area (TPSA) is 23.5 Å². The maximum absolute atomic E-state index is 10.1. The zero-order valence-electron chi connectivity index (χ0n) is 13.9. The summed E-state index contributed by atoms with van der Waals surface area (Å²) in [6.07, 6.45) is 15.8. The van der Waals surface area contributed by atoms with E-state index in [1.165, 1.54) is 64.2 Å². The predicted molar refractivity (Wildman–Crippen MR) is 85.4 cm³/mol. The van der Waals surface area contributed by atoms with Crippen molar-refractivity contribution in [2.75, 3.05) is 14.1 Å². The smallest absolute Gasteiger partial charge is 0.115 e. The van der Waals surface area contributed by atoms with Crippen LogP contribution in [0.1, 0.15) is 90.9 Å². The van der Waals surface area contributed by atoms with Crippen LogP contribution in [0, 0.1) is 0 Å². The molecule has 0 amide bonds. The van der Waals surface area contributed by atoms with Gasteiger partial charge in [0.15, 0.2) is 0 Å². The number of rotatable bonds is 13. The van der Waals surface area contributed by atoms with Gasteiger partial charge in [-0.05, 0) is 33.9 Å². The zero-order chi connectivity index (χ0) is 14.6. The lowest BCUT2D eigenvalue weighted by Crippen LogP contribution is -2.40. The Hall–Kier alpha value is -0.0800. The van der Waals surface area contributed by atoms with Crippen molar-refractivity contribution >= 4 is 0 Å². The molecule has 0 bridgehead atoms. The van der Waals surface area contributed by atoms with Crippen LogP contribution in [0.25, 0.3) is 0 Å². The van der Waals surface area contributed by atoms with Crippen LogP contribution in [0.15, 0.2) is 0 Å². The van der Waals surface area contributed by atoms with Gasteiger partial charge in [0.1, 0.15) is 5.72 Å². The van der Waals surface area contributed by atoms with Crippen molar-refractivity contribution in [3.63, 3.8) is 0 Å². The van der Waals surface area contributed by atoms with E-state index in [1.807, 2.05) is 25.9 Å². The fourth-order valence-corrected chi connectivity index (χ4v) is 2.35. The second kappa shape index (κ2) is 11.7. The molecule has 0 aromatic heterocycles. The van der Waals surface area contributed by atoms with Gasteiger partial charge >= 0.3 is 0 Å². The van der Waals surface area contributed by atoms with Crippen molar-refractivity contribution in [3.8, 4) is 0 Å². The highest BCUT2D eigenvalue weighted by Crippen LogP contribution is 2.18. The van der Waals surface area contributed by atoms with Crippen molar-refractivity contribution in [1.29, 1.82) is 0 Å². The highest BCUT2D eigenvalue weighted by Gasteiger charge is 2.21. The van der Waals surface area contributed by atoms with E-state index in [9.17, 15) is 5.11 Å². The Bertz CT molecular complexity index is 190. The highest BCUT2D eigenvalue weighted by atomic mass is 16.3. The normalized spacial score (nSPS) is 14.8. The maximum atomic E-state index is 10.1. The molecule has 0 aliphatic carbocycles. The molecule has 0 radical (unpaired) electrons. The van der Waals surface area contributed by atoms with Crippen molar-refractivity contribution < 1.29 is 5.11 Å². The summed E-state index contributed by atoms with van der Waals surface area (Å²) in [6, 6.07) is 0. The molecule has 19 heavy (non-hydrogen) atoms. The molecular formula is C17H37NO. The first-order valence-electron chi connectivity index (χ1n) is 8.40. The molecular weight excluding hydrogens is 234 g/mol. The Balaban J connectivity index is 3.19. The third kappa shape index (κ3) is 11.4. The van der Waals surface area contributed by atoms with E-state index in [2.05, 4.69) is 6.92 Å². The molecule has 1 unspecified atom stereocenters. The predicted octanol–water partition coefficient (Wildman–Crippen LogP) is 4.96. The lowest BCUT2D eigenvalue weighted by Gasteiger charge is -2.30. The molecule has 2 nitrogen and oxygen atoms in total. The van der Waals surface area contributed by atoms with Gasteiger partial charge < -0.3 is 5.11 Å². The fourth-order valence-electron chi connectivity index (χ4n) is 2.35. The molecule has 0 spiro atoms. The Kier molecular flexibility index (Phi) is 11.7. The maximum Gasteiger partial charge on any atom is 0.115 e. The first-order valence-corrected chi connectivity index (χ1v) is 8.40. The number of hydrogen-bond acceptors (Lipinski definition) is 2. The van der Waals surface area contributed by atoms with E-state index in [0.29, 0.717) is 0 Å². The van der Waals surface area contributed by atoms with Gasteiger partial charge in [0, 0.05) is 0 Å². The Morgan fingerprint density at radius 1 is 0.737 bits per heavy atom. The standard InChI is InChI=1S/C17H37NO/c1-5-6-7-8-9-10-11-12-13-14-15-16-17(2,19)18(3)4/h19H,5-16H2,1-4H3. The van der Waals surface area contributed by atoms with Crippen LogP contribution < -0.4 is 0 Å². The second-order valence-corrected chi connectivity index (χ2v) is 6.40. The summed E-state index contributed by atoms with van der Waals surface area (Å²) >= 11 is 0. The van der Waals surface area contributed by atoms with Crippen LogP contribution in [0.3, 0.4) is 0 Å². The van der Waals surface area contributed by atoms with Gasteiger partial charge in [-0.15, -0.1) is 0 Å². The minimum atomic E-state index is -0.626. The minimum absolute atomic E-state index is 0.626. The molecule has 2 heteroatoms. The van der Waals surface area contributed by atoms with Crippen LogP contribution >= 0.6 is 0 Å². The average molecular weight is 271 g/mol. The average Bonchev–Trinajstić information content (AvgIpc) is 2.35. The summed E-state index contributed by atoms with van der Waals surface area (Å²) in [6.45, 7) is 4.18. The van der Waals surface area contributed by atoms with Crippen LogP contribution in [0.2, 0.25) is 0 Å². The summed E-state index contributed by atoms with van der Waals surface area (Å²) in [7, 11) is 3.89. The van der Waals surface area contributed by atoms with Crippen LogP contribution in [0.4, 0.5) is 0 Å². The van der Waals surface area contributed by atoms with Crippen molar-refractivity contribution in [2.24, 2.45) is 0 Å². The summed E-state index contributed by atoms with van der Waals surface area (Å²) in [4.78, 5) is 1.91. The van der Waals surface area contributed by atoms with E-state index >= 15 is 0 Å². The summed E-state index contributed by atoms with van der Waals surface area (Å²) < 4.78 is 0. The largest absolute Gasteiger partial charge is 0.376 e. The van der Waals surface area contributed by atoms with Gasteiger partial charge in [0.05, 0.1) is 0 Å². The van der Waals surface area contributed by atoms with E-state index < -0.39 is 5.72 Å². The molecule has 0 fully saturated rings. The lowest BCUT2D eigenvalue weighted by atomic mass is 10.0. The monoisotopic (exact) mass is 271 g/mol. The number of unbranched alkanes of at least 4 members (excludes halogenated alkanes) is 10. The van der Waals surface area contributed by atoms with Crippen molar-refractivity contribution in [1.82, 2.24) is 4.90 Å². The molecule has 0 aromatic carbocycles. The third-order valence-corrected chi connectivity index (χ3v) is 4.22. The van der Waals surface area contributed by atoms with E-state index in [0.717, 1.165) is 12.8 Å². The molecule has 0 aromatic rings. The lowest BCUT2D eigenvalue weighted by molar-refractivity contribution is -0.0734. The Labute approximate surface area is 121 Å². The first kappa shape index (κ1) is 18.9. The summed E-state index contributed by atoms with van der Waals surface area (Å²) in [5.41, 5.74) is -0.626. The van der Waals surface area contributed by atoms with Gasteiger partial charge in [-0.2, -0.15) is 0 Å². The molecule has 0 heterocycles. The van der Waals surface area contributed by atoms with Crippen molar-refractivity contribution in [3.05, 3.63) is 0 Å². The molecule has 0 rings (SSSR count). The van der Waals surface area contributed by atoms with Crippen molar-refractivity contribution in [2.45, 2.75) is 96.6 Å². The Morgan fingerprint density at radius 3 is 1.47 bits per heavy atom. The number of nitrogens with zero attached hydrogens (tertiary/aromatic N) is 1. The van der Waals surface area contributed by atoms with Crippen LogP contribution in [-0.2, 0) is 0 Å². The van der Waals surface area contributed by atoms with Gasteiger partial charge in [-0.25, -0.2) is 0 Å². The summed E-state index contributed by atoms with van der Waals surface area (Å²) in [5, 5.41) is 10.1. The number of hydrogen-bond donors (Lipinski definition) is 1. The minimum Gasteiger partial charge on any atom is -0.376 e. The van der Waals surface area contributed by atoms with E-state index in [4.69, 9.17) is 0 Å². The molecule has 1 atom stereocenters. The molecule has 0 saturated heterocycles. The van der Waals surface area contributed by atoms with E-state index in [-0.39, 0.29) is 0 Å². The van der Waals surface area contributed by atoms with Gasteiger partial charge in [-0.3, -0.25) is 4.90 Å². The molecule has 116 valence electrons. The van der Waals surface area contributed by atoms with Gasteiger partial charge in [0.2, 0.25) is 0 Å². The first-order chi connectivity index (χ1) is 9.00. The zero-order valence-corrected chi connectivity index (χ0v) is 13.9. The quantitative estimate of drug-likeness (QED) is 0.378. The van der Waals surface area contributed by atoms with Crippen LogP contribution in [0.5, 0.6) is 0 Å². The molecule has 1 N–H and O–H groups in total. The van der Waals surface area contributed by atoms with Crippen LogP contribution in [-0.4, -0.2) is 29.8 Å². The SMILES string of the molecule is CCCCCCCCCCCCCC(C)(O)N(C)C. The fraction of sp³-hybridized carbons (Fsp3) is 1.00. The second-order valence-electron chi connectivity index (χ2n) is 6.40. The molecule has 0 saturated carbocycles. The van der Waals surface area contributed by atoms with E-state index in [1.54, 1.807) is 0 Å². The Morgan fingerprint density at radius 2 is 1.11 bits per heavy atom.